The van der Waals surface area contributed by atoms with Crippen molar-refractivity contribution in [2.75, 3.05) is 20.8 Å². The van der Waals surface area contributed by atoms with E-state index in [1.54, 1.807) is 14.2 Å². The Morgan fingerprint density at radius 3 is 2.52 bits per heavy atom. The van der Waals surface area contributed by atoms with Crippen LogP contribution in [0.5, 0.6) is 11.5 Å². The van der Waals surface area contributed by atoms with Crippen molar-refractivity contribution in [2.45, 2.75) is 63.6 Å². The number of ether oxygens (including phenoxy) is 3. The van der Waals surface area contributed by atoms with Gasteiger partial charge >= 0.3 is 0 Å². The Bertz CT molecular complexity index is 545. The molecule has 2 fully saturated rings. The van der Waals surface area contributed by atoms with Gasteiger partial charge in [-0.3, -0.25) is 0 Å². The average Bonchev–Trinajstić information content (AvgIpc) is 3.08. The van der Waals surface area contributed by atoms with E-state index in [1.165, 1.54) is 37.7 Å². The van der Waals surface area contributed by atoms with Gasteiger partial charge in [0.2, 0.25) is 0 Å². The standard InChI is InChI=1S/C21H32O4/c1-23-20-10-7-15(13-21(20)24-2)11-12-25-19-6-4-3-5-18(19)16-8-9-17(22)14-16/h7,10,13,16-19,22H,3-6,8-9,11-12,14H2,1-2H3. The van der Waals surface area contributed by atoms with Crippen LogP contribution in [0.4, 0.5) is 0 Å². The lowest BCUT2D eigenvalue weighted by atomic mass is 9.77. The first-order valence-electron chi connectivity index (χ1n) is 9.72. The number of benzene rings is 1. The number of methoxy groups -OCH3 is 2. The minimum Gasteiger partial charge on any atom is -0.493 e. The first kappa shape index (κ1) is 18.5. The van der Waals surface area contributed by atoms with Gasteiger partial charge in [0.05, 0.1) is 33.0 Å². The van der Waals surface area contributed by atoms with Gasteiger partial charge < -0.3 is 19.3 Å². The van der Waals surface area contributed by atoms with E-state index in [0.29, 0.717) is 17.9 Å². The van der Waals surface area contributed by atoms with Crippen molar-refractivity contribution in [1.82, 2.24) is 0 Å². The highest BCUT2D eigenvalue weighted by atomic mass is 16.5. The summed E-state index contributed by atoms with van der Waals surface area (Å²) in [5.41, 5.74) is 1.21. The summed E-state index contributed by atoms with van der Waals surface area (Å²) in [6.07, 6.45) is 9.29. The van der Waals surface area contributed by atoms with Crippen molar-refractivity contribution < 1.29 is 19.3 Å². The highest BCUT2D eigenvalue weighted by Crippen LogP contribution is 2.40. The van der Waals surface area contributed by atoms with E-state index in [2.05, 4.69) is 6.07 Å². The highest BCUT2D eigenvalue weighted by Gasteiger charge is 2.36. The van der Waals surface area contributed by atoms with Crippen LogP contribution < -0.4 is 9.47 Å². The fourth-order valence-electron chi connectivity index (χ4n) is 4.62. The van der Waals surface area contributed by atoms with Gasteiger partial charge in [-0.05, 0) is 68.1 Å². The Balaban J connectivity index is 1.53. The second-order valence-electron chi connectivity index (χ2n) is 7.52. The quantitative estimate of drug-likeness (QED) is 0.809. The first-order chi connectivity index (χ1) is 12.2. The third kappa shape index (κ3) is 4.68. The summed E-state index contributed by atoms with van der Waals surface area (Å²) < 4.78 is 17.0. The van der Waals surface area contributed by atoms with E-state index in [1.807, 2.05) is 12.1 Å². The maximum Gasteiger partial charge on any atom is 0.160 e. The second kappa shape index (κ2) is 8.91. The molecule has 3 rings (SSSR count). The van der Waals surface area contributed by atoms with E-state index in [4.69, 9.17) is 14.2 Å². The number of hydrogen-bond acceptors (Lipinski definition) is 4. The van der Waals surface area contributed by atoms with Gasteiger partial charge in [0.1, 0.15) is 0 Å². The Labute approximate surface area is 151 Å². The van der Waals surface area contributed by atoms with Crippen LogP contribution in [-0.2, 0) is 11.2 Å². The van der Waals surface area contributed by atoms with Crippen molar-refractivity contribution in [3.8, 4) is 11.5 Å². The highest BCUT2D eigenvalue weighted by molar-refractivity contribution is 5.42. The summed E-state index contributed by atoms with van der Waals surface area (Å²) >= 11 is 0. The fourth-order valence-corrected chi connectivity index (χ4v) is 4.62. The molecular formula is C21H32O4. The fraction of sp³-hybridized carbons (Fsp3) is 0.714. The largest absolute Gasteiger partial charge is 0.493 e. The van der Waals surface area contributed by atoms with E-state index in [9.17, 15) is 5.11 Å². The van der Waals surface area contributed by atoms with Crippen LogP contribution in [0.1, 0.15) is 50.5 Å². The molecule has 140 valence electrons. The van der Waals surface area contributed by atoms with Crippen molar-refractivity contribution in [2.24, 2.45) is 11.8 Å². The van der Waals surface area contributed by atoms with Gasteiger partial charge in [-0.15, -0.1) is 0 Å². The zero-order chi connectivity index (χ0) is 17.6. The molecule has 2 aliphatic carbocycles. The zero-order valence-corrected chi connectivity index (χ0v) is 15.6. The Kier molecular flexibility index (Phi) is 6.60. The lowest BCUT2D eigenvalue weighted by Crippen LogP contribution is -2.33. The van der Waals surface area contributed by atoms with Crippen molar-refractivity contribution >= 4 is 0 Å². The summed E-state index contributed by atoms with van der Waals surface area (Å²) in [7, 11) is 3.32. The van der Waals surface area contributed by atoms with Gasteiger partial charge in [0.15, 0.2) is 11.5 Å². The van der Waals surface area contributed by atoms with Gasteiger partial charge in [-0.1, -0.05) is 18.9 Å². The van der Waals surface area contributed by atoms with Gasteiger partial charge in [-0.25, -0.2) is 0 Å². The van der Waals surface area contributed by atoms with Crippen LogP contribution in [0.15, 0.2) is 18.2 Å². The van der Waals surface area contributed by atoms with Crippen LogP contribution in [0.25, 0.3) is 0 Å². The van der Waals surface area contributed by atoms with Crippen molar-refractivity contribution in [3.05, 3.63) is 23.8 Å². The van der Waals surface area contributed by atoms with E-state index in [0.717, 1.165) is 37.4 Å². The molecule has 0 radical (unpaired) electrons. The number of aliphatic hydroxyl groups is 1. The molecule has 0 saturated heterocycles. The van der Waals surface area contributed by atoms with Crippen LogP contribution in [-0.4, -0.2) is 38.1 Å². The molecule has 1 aromatic rings. The summed E-state index contributed by atoms with van der Waals surface area (Å²) in [4.78, 5) is 0. The molecule has 25 heavy (non-hydrogen) atoms. The average molecular weight is 348 g/mol. The lowest BCUT2D eigenvalue weighted by molar-refractivity contribution is -0.0303. The smallest absolute Gasteiger partial charge is 0.160 e. The Morgan fingerprint density at radius 1 is 1.00 bits per heavy atom. The molecule has 0 heterocycles. The molecule has 4 heteroatoms. The van der Waals surface area contributed by atoms with Crippen LogP contribution in [0, 0.1) is 11.8 Å². The Hall–Kier alpha value is -1.26. The summed E-state index contributed by atoms with van der Waals surface area (Å²) in [5.74, 6) is 2.83. The molecule has 0 aromatic heterocycles. The minimum absolute atomic E-state index is 0.0839. The van der Waals surface area contributed by atoms with Gasteiger partial charge in [0.25, 0.3) is 0 Å². The third-order valence-electron chi connectivity index (χ3n) is 5.98. The SMILES string of the molecule is COc1ccc(CCOC2CCCCC2C2CCC(O)C2)cc1OC. The molecule has 4 unspecified atom stereocenters. The Morgan fingerprint density at radius 2 is 1.80 bits per heavy atom. The number of aliphatic hydroxyl groups excluding tert-OH is 1. The first-order valence-corrected chi connectivity index (χ1v) is 9.72. The normalized spacial score (nSPS) is 29.6. The number of rotatable bonds is 7. The minimum atomic E-state index is -0.0839. The van der Waals surface area contributed by atoms with E-state index >= 15 is 0 Å². The molecule has 1 N–H and O–H groups in total. The van der Waals surface area contributed by atoms with Gasteiger partial charge in [0, 0.05) is 0 Å². The van der Waals surface area contributed by atoms with Crippen molar-refractivity contribution in [3.63, 3.8) is 0 Å². The third-order valence-corrected chi connectivity index (χ3v) is 5.98. The number of hydrogen-bond donors (Lipinski definition) is 1. The molecule has 0 bridgehead atoms. The van der Waals surface area contributed by atoms with Crippen LogP contribution in [0.3, 0.4) is 0 Å². The predicted molar refractivity (Wildman–Crippen MR) is 98.3 cm³/mol. The predicted octanol–water partition coefficient (Wildman–Crippen LogP) is 3.98. The molecule has 2 aliphatic rings. The summed E-state index contributed by atoms with van der Waals surface area (Å²) in [5, 5.41) is 9.87. The molecule has 2 saturated carbocycles. The van der Waals surface area contributed by atoms with Crippen LogP contribution in [0.2, 0.25) is 0 Å². The summed E-state index contributed by atoms with van der Waals surface area (Å²) in [6, 6.07) is 6.07. The summed E-state index contributed by atoms with van der Waals surface area (Å²) in [6.45, 7) is 0.742. The van der Waals surface area contributed by atoms with Crippen molar-refractivity contribution in [1.29, 1.82) is 0 Å². The topological polar surface area (TPSA) is 47.9 Å². The molecule has 4 nitrogen and oxygen atoms in total. The molecule has 4 atom stereocenters. The maximum atomic E-state index is 9.87. The molecule has 0 amide bonds. The maximum absolute atomic E-state index is 9.87. The lowest BCUT2D eigenvalue weighted by Gasteiger charge is -2.35. The molecule has 0 aliphatic heterocycles. The molecular weight excluding hydrogens is 316 g/mol. The van der Waals surface area contributed by atoms with Gasteiger partial charge in [-0.2, -0.15) is 0 Å². The second-order valence-corrected chi connectivity index (χ2v) is 7.52. The monoisotopic (exact) mass is 348 g/mol. The zero-order valence-electron chi connectivity index (χ0n) is 15.6. The molecule has 1 aromatic carbocycles. The van der Waals surface area contributed by atoms with E-state index in [-0.39, 0.29) is 6.10 Å². The molecule has 0 spiro atoms. The van der Waals surface area contributed by atoms with Crippen LogP contribution >= 0.6 is 0 Å². The van der Waals surface area contributed by atoms with E-state index < -0.39 is 0 Å².